The maximum atomic E-state index is 7.13. The fourth-order valence-corrected chi connectivity index (χ4v) is 28.7. The molecule has 0 heterocycles. The van der Waals surface area contributed by atoms with Crippen molar-refractivity contribution >= 4 is 42.3 Å². The molecule has 0 aromatic heterocycles. The fraction of sp³-hybridized carbons (Fsp3) is 0.727. The highest BCUT2D eigenvalue weighted by Gasteiger charge is 2.49. The van der Waals surface area contributed by atoms with Crippen LogP contribution in [-0.2, 0) is 16.5 Å². The summed E-state index contributed by atoms with van der Waals surface area (Å²) in [6, 6.07) is 12.4. The highest BCUT2D eigenvalue weighted by molar-refractivity contribution is 6.91. The first-order valence-electron chi connectivity index (χ1n) is 11.9. The van der Waals surface area contributed by atoms with E-state index in [0.29, 0.717) is 12.5 Å². The molecular formula is C22H49NO4Si5. The molecule has 0 fully saturated rings. The van der Waals surface area contributed by atoms with Crippen LogP contribution in [0, 0.1) is 0 Å². The van der Waals surface area contributed by atoms with Gasteiger partial charge >= 0.3 is 25.7 Å². The van der Waals surface area contributed by atoms with Crippen LogP contribution in [0.4, 0.5) is 0 Å². The zero-order valence-corrected chi connectivity index (χ0v) is 27.5. The third kappa shape index (κ3) is 12.0. The topological polar surface area (TPSA) is 62.9 Å². The quantitative estimate of drug-likeness (QED) is 0.270. The summed E-state index contributed by atoms with van der Waals surface area (Å²) in [6.07, 6.45) is 0.915. The third-order valence-electron chi connectivity index (χ3n) is 4.85. The van der Waals surface area contributed by atoms with Gasteiger partial charge < -0.3 is 22.2 Å². The summed E-state index contributed by atoms with van der Waals surface area (Å²) >= 11 is 0. The molecule has 186 valence electrons. The van der Waals surface area contributed by atoms with E-state index in [1.165, 1.54) is 5.56 Å². The van der Waals surface area contributed by atoms with Gasteiger partial charge in [-0.2, -0.15) is 0 Å². The van der Waals surface area contributed by atoms with Gasteiger partial charge in [-0.25, -0.2) is 0 Å². The summed E-state index contributed by atoms with van der Waals surface area (Å²) in [7, 11) is -11.0. The summed E-state index contributed by atoms with van der Waals surface area (Å²) in [6.45, 7) is 25.1. The van der Waals surface area contributed by atoms with Crippen LogP contribution in [0.15, 0.2) is 30.3 Å². The minimum atomic E-state index is -2.64. The first-order chi connectivity index (χ1) is 14.4. The Bertz CT molecular complexity index is 696. The molecule has 2 N–H and O–H groups in total. The van der Waals surface area contributed by atoms with Crippen molar-refractivity contribution in [3.63, 3.8) is 0 Å². The van der Waals surface area contributed by atoms with Crippen LogP contribution in [0.5, 0.6) is 0 Å². The van der Waals surface area contributed by atoms with Crippen LogP contribution in [0.2, 0.25) is 77.6 Å². The molecule has 0 saturated carbocycles. The second-order valence-corrected chi connectivity index (χ2v) is 31.7. The normalized spacial score (nSPS) is 18.1. The molecule has 0 aliphatic rings. The Morgan fingerprint density at radius 1 is 0.719 bits per heavy atom. The molecule has 0 amide bonds. The zero-order valence-electron chi connectivity index (χ0n) is 22.5. The van der Waals surface area contributed by atoms with Crippen LogP contribution in [0.3, 0.4) is 0 Å². The monoisotopic (exact) mass is 531 g/mol. The fourth-order valence-electron chi connectivity index (χ4n) is 4.49. The van der Waals surface area contributed by atoms with E-state index in [2.05, 4.69) is 103 Å². The van der Waals surface area contributed by atoms with E-state index in [9.17, 15) is 0 Å². The maximum Gasteiger partial charge on any atom is 0.317 e. The van der Waals surface area contributed by atoms with Crippen molar-refractivity contribution in [2.45, 2.75) is 96.8 Å². The lowest BCUT2D eigenvalue weighted by Crippen LogP contribution is -2.60. The third-order valence-corrected chi connectivity index (χ3v) is 23.2. The van der Waals surface area contributed by atoms with Gasteiger partial charge in [0.15, 0.2) is 16.6 Å². The van der Waals surface area contributed by atoms with Gasteiger partial charge in [0.2, 0.25) is 0 Å². The van der Waals surface area contributed by atoms with Crippen molar-refractivity contribution in [1.29, 1.82) is 0 Å². The van der Waals surface area contributed by atoms with Crippen molar-refractivity contribution in [3.8, 4) is 0 Å². The Balaban J connectivity index is 3.29. The van der Waals surface area contributed by atoms with Crippen LogP contribution < -0.4 is 5.73 Å². The van der Waals surface area contributed by atoms with Gasteiger partial charge in [0.05, 0.1) is 0 Å². The SMILES string of the molecule is CC(C[Si](C)(O[Si](C)(C)O[Si](C)(C)C)O[Si](C)(CCCN)O[Si](C)(C)C)c1ccccc1. The molecule has 10 heteroatoms. The van der Waals surface area contributed by atoms with Crippen LogP contribution in [-0.4, -0.2) is 48.9 Å². The molecule has 0 radical (unpaired) electrons. The van der Waals surface area contributed by atoms with Gasteiger partial charge in [-0.1, -0.05) is 37.3 Å². The number of hydrogen-bond donors (Lipinski definition) is 1. The molecule has 3 unspecified atom stereocenters. The Kier molecular flexibility index (Phi) is 11.0. The molecule has 0 aliphatic heterocycles. The summed E-state index contributed by atoms with van der Waals surface area (Å²) in [4.78, 5) is 0. The van der Waals surface area contributed by atoms with E-state index >= 15 is 0 Å². The molecule has 1 rings (SSSR count). The van der Waals surface area contributed by atoms with Gasteiger partial charge in [-0.05, 0) is 102 Å². The molecule has 0 bridgehead atoms. The molecule has 0 spiro atoms. The van der Waals surface area contributed by atoms with E-state index in [4.69, 9.17) is 22.2 Å². The molecule has 5 nitrogen and oxygen atoms in total. The van der Waals surface area contributed by atoms with Gasteiger partial charge in [0.25, 0.3) is 0 Å². The average Bonchev–Trinajstić information content (AvgIpc) is 2.55. The number of hydrogen-bond acceptors (Lipinski definition) is 5. The first kappa shape index (κ1) is 30.1. The second kappa shape index (κ2) is 11.7. The highest BCUT2D eigenvalue weighted by atomic mass is 28.5. The lowest BCUT2D eigenvalue weighted by atomic mass is 10.0. The molecule has 0 aliphatic carbocycles. The predicted molar refractivity (Wildman–Crippen MR) is 150 cm³/mol. The molecule has 1 aromatic rings. The van der Waals surface area contributed by atoms with Crippen LogP contribution >= 0.6 is 0 Å². The predicted octanol–water partition coefficient (Wildman–Crippen LogP) is 6.72. The molecule has 1 aromatic carbocycles. The van der Waals surface area contributed by atoms with Crippen LogP contribution in [0.1, 0.15) is 24.8 Å². The van der Waals surface area contributed by atoms with Gasteiger partial charge in [-0.3, -0.25) is 0 Å². The summed E-state index contributed by atoms with van der Waals surface area (Å²) in [5.74, 6) is 0.337. The molecular weight excluding hydrogens is 483 g/mol. The van der Waals surface area contributed by atoms with E-state index in [-0.39, 0.29) is 0 Å². The van der Waals surface area contributed by atoms with Gasteiger partial charge in [0.1, 0.15) is 0 Å². The van der Waals surface area contributed by atoms with Crippen LogP contribution in [0.25, 0.3) is 0 Å². The Morgan fingerprint density at radius 3 is 1.72 bits per heavy atom. The van der Waals surface area contributed by atoms with E-state index in [1.54, 1.807) is 0 Å². The van der Waals surface area contributed by atoms with Gasteiger partial charge in [0, 0.05) is 0 Å². The molecule has 32 heavy (non-hydrogen) atoms. The van der Waals surface area contributed by atoms with E-state index < -0.39 is 42.3 Å². The zero-order chi connectivity index (χ0) is 24.8. The number of nitrogens with two attached hydrogens (primary N) is 1. The second-order valence-electron chi connectivity index (χ2n) is 11.7. The minimum absolute atomic E-state index is 0.337. The number of rotatable bonds is 14. The van der Waals surface area contributed by atoms with Crippen molar-refractivity contribution in [2.24, 2.45) is 5.73 Å². The largest absolute Gasteiger partial charge is 0.437 e. The van der Waals surface area contributed by atoms with Crippen molar-refractivity contribution < 1.29 is 16.5 Å². The maximum absolute atomic E-state index is 7.13. The molecule has 0 saturated heterocycles. The number of benzene rings is 1. The Morgan fingerprint density at radius 2 is 1.25 bits per heavy atom. The smallest absolute Gasteiger partial charge is 0.317 e. The Hall–Kier alpha value is 0.104. The lowest BCUT2D eigenvalue weighted by Gasteiger charge is -2.45. The Labute approximate surface area is 203 Å². The first-order valence-corrected chi connectivity index (χ1v) is 26.6. The van der Waals surface area contributed by atoms with E-state index in [0.717, 1.165) is 18.5 Å². The van der Waals surface area contributed by atoms with Crippen molar-refractivity contribution in [1.82, 2.24) is 0 Å². The molecule has 3 atom stereocenters. The van der Waals surface area contributed by atoms with E-state index in [1.807, 2.05) is 0 Å². The highest BCUT2D eigenvalue weighted by Crippen LogP contribution is 2.35. The lowest BCUT2D eigenvalue weighted by molar-refractivity contribution is 0.286. The van der Waals surface area contributed by atoms with Gasteiger partial charge in [-0.15, -0.1) is 0 Å². The van der Waals surface area contributed by atoms with Crippen molar-refractivity contribution in [3.05, 3.63) is 35.9 Å². The average molecular weight is 532 g/mol. The summed E-state index contributed by atoms with van der Waals surface area (Å²) in [5.41, 5.74) is 7.20. The summed E-state index contributed by atoms with van der Waals surface area (Å²) in [5, 5.41) is 0. The van der Waals surface area contributed by atoms with Crippen molar-refractivity contribution in [2.75, 3.05) is 6.54 Å². The summed E-state index contributed by atoms with van der Waals surface area (Å²) < 4.78 is 27.5. The minimum Gasteiger partial charge on any atom is -0.437 e. The standard InChI is InChI=1S/C22H49NO4Si5/c1-21(22-16-13-12-14-17-22)20-32(11,26-30(8,9)24-28(2,3)4)27-31(10,19-15-18-23)25-29(5,6)7/h12-14,16-17,21H,15,18-20,23H2,1-11H3.